The van der Waals surface area contributed by atoms with Crippen LogP contribution in [0.25, 0.3) is 10.9 Å². The molecule has 19 heavy (non-hydrogen) atoms. The van der Waals surface area contributed by atoms with Gasteiger partial charge in [0.1, 0.15) is 12.1 Å². The maximum atomic E-state index is 5.93. The van der Waals surface area contributed by atoms with Crippen molar-refractivity contribution < 1.29 is 4.74 Å². The van der Waals surface area contributed by atoms with E-state index in [1.54, 1.807) is 6.07 Å². The van der Waals surface area contributed by atoms with Gasteiger partial charge in [-0.05, 0) is 42.8 Å². The molecule has 2 aromatic carbocycles. The Kier molecular flexibility index (Phi) is 3.05. The van der Waals surface area contributed by atoms with Gasteiger partial charge in [-0.1, -0.05) is 23.7 Å². The fraction of sp³-hybridized carbons (Fsp3) is 0.0667. The van der Waals surface area contributed by atoms with Gasteiger partial charge < -0.3 is 4.74 Å². The van der Waals surface area contributed by atoms with Gasteiger partial charge in [-0.25, -0.2) is 9.97 Å². The highest BCUT2D eigenvalue weighted by Crippen LogP contribution is 2.29. The summed E-state index contributed by atoms with van der Waals surface area (Å²) in [5.74, 6) is 1.30. The van der Waals surface area contributed by atoms with Crippen molar-refractivity contribution in [3.05, 3.63) is 59.4 Å². The number of para-hydroxylation sites is 1. The van der Waals surface area contributed by atoms with Crippen molar-refractivity contribution in [2.75, 3.05) is 0 Å². The average Bonchev–Trinajstić information content (AvgIpc) is 2.42. The molecule has 3 aromatic rings. The first-order chi connectivity index (χ1) is 9.24. The Morgan fingerprint density at radius 3 is 2.74 bits per heavy atom. The molecule has 0 fully saturated rings. The minimum atomic E-state index is 0.552. The number of rotatable bonds is 2. The minimum absolute atomic E-state index is 0.552. The highest BCUT2D eigenvalue weighted by Gasteiger charge is 2.07. The molecule has 0 saturated carbocycles. The maximum Gasteiger partial charge on any atom is 0.230 e. The van der Waals surface area contributed by atoms with Gasteiger partial charge in [0.25, 0.3) is 0 Å². The molecule has 4 heteroatoms. The monoisotopic (exact) mass is 270 g/mol. The molecule has 0 aliphatic carbocycles. The van der Waals surface area contributed by atoms with Crippen LogP contribution in [0.4, 0.5) is 0 Å². The largest absolute Gasteiger partial charge is 0.438 e. The normalized spacial score (nSPS) is 10.6. The Morgan fingerprint density at radius 1 is 1.05 bits per heavy atom. The summed E-state index contributed by atoms with van der Waals surface area (Å²) < 4.78 is 5.87. The van der Waals surface area contributed by atoms with Crippen LogP contribution in [0.2, 0.25) is 5.02 Å². The molecule has 0 aliphatic rings. The van der Waals surface area contributed by atoms with Crippen molar-refractivity contribution in [1.29, 1.82) is 0 Å². The number of benzene rings is 2. The Labute approximate surface area is 115 Å². The molecule has 0 radical (unpaired) electrons. The van der Waals surface area contributed by atoms with Crippen LogP contribution in [-0.4, -0.2) is 9.97 Å². The molecule has 0 aliphatic heterocycles. The predicted octanol–water partition coefficient (Wildman–Crippen LogP) is 4.38. The minimum Gasteiger partial charge on any atom is -0.438 e. The zero-order valence-corrected chi connectivity index (χ0v) is 11.1. The third-order valence-electron chi connectivity index (χ3n) is 2.85. The number of aryl methyl sites for hydroxylation is 1. The second-order valence-corrected chi connectivity index (χ2v) is 4.64. The van der Waals surface area contributed by atoms with E-state index in [0.717, 1.165) is 22.2 Å². The molecule has 3 rings (SSSR count). The number of fused-ring (bicyclic) bond motifs is 1. The van der Waals surface area contributed by atoms with E-state index in [9.17, 15) is 0 Å². The first kappa shape index (κ1) is 11.9. The average molecular weight is 271 g/mol. The number of hydrogen-bond donors (Lipinski definition) is 0. The van der Waals surface area contributed by atoms with Crippen molar-refractivity contribution >= 4 is 22.5 Å². The topological polar surface area (TPSA) is 35.0 Å². The molecule has 0 atom stereocenters. The molecule has 94 valence electrons. The summed E-state index contributed by atoms with van der Waals surface area (Å²) in [5.41, 5.74) is 1.83. The summed E-state index contributed by atoms with van der Waals surface area (Å²) in [4.78, 5) is 8.41. The maximum absolute atomic E-state index is 5.93. The van der Waals surface area contributed by atoms with Gasteiger partial charge in [0, 0.05) is 5.02 Å². The molecule has 0 N–H and O–H groups in total. The van der Waals surface area contributed by atoms with Crippen molar-refractivity contribution in [3.8, 4) is 11.6 Å². The molecule has 1 heterocycles. The zero-order chi connectivity index (χ0) is 13.2. The van der Waals surface area contributed by atoms with Gasteiger partial charge in [0.05, 0.1) is 10.9 Å². The first-order valence-corrected chi connectivity index (χ1v) is 6.25. The van der Waals surface area contributed by atoms with Crippen LogP contribution in [-0.2, 0) is 0 Å². The van der Waals surface area contributed by atoms with E-state index >= 15 is 0 Å². The Bertz CT molecular complexity index is 738. The van der Waals surface area contributed by atoms with Crippen molar-refractivity contribution in [1.82, 2.24) is 9.97 Å². The number of ether oxygens (including phenoxy) is 1. The number of halogens is 1. The van der Waals surface area contributed by atoms with Crippen LogP contribution >= 0.6 is 11.6 Å². The van der Waals surface area contributed by atoms with E-state index in [0.29, 0.717) is 10.9 Å². The lowest BCUT2D eigenvalue weighted by atomic mass is 10.2. The molecular formula is C15H11ClN2O. The fourth-order valence-electron chi connectivity index (χ4n) is 1.89. The Morgan fingerprint density at radius 2 is 1.89 bits per heavy atom. The van der Waals surface area contributed by atoms with Crippen LogP contribution in [0, 0.1) is 6.92 Å². The summed E-state index contributed by atoms with van der Waals surface area (Å²) in [6.07, 6.45) is 1.50. The van der Waals surface area contributed by atoms with E-state index in [2.05, 4.69) is 9.97 Å². The summed E-state index contributed by atoms with van der Waals surface area (Å²) >= 11 is 5.93. The number of hydrogen-bond acceptors (Lipinski definition) is 3. The van der Waals surface area contributed by atoms with Crippen molar-refractivity contribution in [2.45, 2.75) is 6.92 Å². The van der Waals surface area contributed by atoms with E-state index in [-0.39, 0.29) is 0 Å². The summed E-state index contributed by atoms with van der Waals surface area (Å²) in [6.45, 7) is 1.95. The van der Waals surface area contributed by atoms with Gasteiger partial charge in [0.2, 0.25) is 5.88 Å². The SMILES string of the molecule is Cc1cc(Cl)ccc1Oc1ncnc2ccccc12. The van der Waals surface area contributed by atoms with E-state index in [1.807, 2.05) is 43.3 Å². The third-order valence-corrected chi connectivity index (χ3v) is 3.08. The summed E-state index contributed by atoms with van der Waals surface area (Å²) in [5, 5.41) is 1.58. The molecule has 0 unspecified atom stereocenters. The van der Waals surface area contributed by atoms with Gasteiger partial charge in [0.15, 0.2) is 0 Å². The van der Waals surface area contributed by atoms with Crippen molar-refractivity contribution in [3.63, 3.8) is 0 Å². The number of aromatic nitrogens is 2. The Hall–Kier alpha value is -2.13. The highest BCUT2D eigenvalue weighted by atomic mass is 35.5. The molecule has 3 nitrogen and oxygen atoms in total. The third kappa shape index (κ3) is 2.37. The lowest BCUT2D eigenvalue weighted by molar-refractivity contribution is 0.464. The summed E-state index contributed by atoms with van der Waals surface area (Å²) in [7, 11) is 0. The molecular weight excluding hydrogens is 260 g/mol. The molecule has 1 aromatic heterocycles. The number of nitrogens with zero attached hydrogens (tertiary/aromatic N) is 2. The van der Waals surface area contributed by atoms with Gasteiger partial charge in [-0.15, -0.1) is 0 Å². The van der Waals surface area contributed by atoms with Crippen LogP contribution < -0.4 is 4.74 Å². The highest BCUT2D eigenvalue weighted by molar-refractivity contribution is 6.30. The van der Waals surface area contributed by atoms with Gasteiger partial charge in [-0.3, -0.25) is 0 Å². The zero-order valence-electron chi connectivity index (χ0n) is 10.3. The second kappa shape index (κ2) is 4.86. The van der Waals surface area contributed by atoms with Crippen LogP contribution in [0.3, 0.4) is 0 Å². The quantitative estimate of drug-likeness (QED) is 0.693. The van der Waals surface area contributed by atoms with E-state index in [1.165, 1.54) is 6.33 Å². The van der Waals surface area contributed by atoms with Gasteiger partial charge >= 0.3 is 0 Å². The van der Waals surface area contributed by atoms with Crippen LogP contribution in [0.15, 0.2) is 48.8 Å². The second-order valence-electron chi connectivity index (χ2n) is 4.21. The fourth-order valence-corrected chi connectivity index (χ4v) is 2.12. The molecule has 0 bridgehead atoms. The lowest BCUT2D eigenvalue weighted by Crippen LogP contribution is -1.92. The van der Waals surface area contributed by atoms with Crippen LogP contribution in [0.5, 0.6) is 11.6 Å². The van der Waals surface area contributed by atoms with E-state index < -0.39 is 0 Å². The summed E-state index contributed by atoms with van der Waals surface area (Å²) in [6, 6.07) is 13.2. The smallest absolute Gasteiger partial charge is 0.230 e. The van der Waals surface area contributed by atoms with Gasteiger partial charge in [-0.2, -0.15) is 0 Å². The van der Waals surface area contributed by atoms with E-state index in [4.69, 9.17) is 16.3 Å². The van der Waals surface area contributed by atoms with Crippen LogP contribution in [0.1, 0.15) is 5.56 Å². The standard InChI is InChI=1S/C15H11ClN2O/c1-10-8-11(16)6-7-14(10)19-15-12-4-2-3-5-13(12)17-9-18-15/h2-9H,1H3. The Balaban J connectivity index is 2.06. The molecule has 0 saturated heterocycles. The lowest BCUT2D eigenvalue weighted by Gasteiger charge is -2.09. The molecule has 0 amide bonds. The predicted molar refractivity (Wildman–Crippen MR) is 75.8 cm³/mol. The van der Waals surface area contributed by atoms with Crippen molar-refractivity contribution in [2.24, 2.45) is 0 Å². The molecule has 0 spiro atoms. The first-order valence-electron chi connectivity index (χ1n) is 5.88.